The smallest absolute Gasteiger partial charge is 0.245 e. The number of carbonyl (C=O) groups excluding carboxylic acids is 1. The minimum Gasteiger partial charge on any atom is -0.495 e. The Hall–Kier alpha value is -3.27. The molecule has 0 bridgehead atoms. The molecule has 186 valence electrons. The molecule has 0 heterocycles. The van der Waals surface area contributed by atoms with E-state index in [0.29, 0.717) is 16.5 Å². The topological polar surface area (TPSA) is 103 Å². The number of sulfonamides is 1. The number of amides is 1. The van der Waals surface area contributed by atoms with Crippen molar-refractivity contribution in [3.63, 3.8) is 0 Å². The van der Waals surface area contributed by atoms with Crippen LogP contribution in [0.5, 0.6) is 17.2 Å². The van der Waals surface area contributed by atoms with Crippen molar-refractivity contribution < 1.29 is 27.4 Å². The zero-order valence-corrected chi connectivity index (χ0v) is 21.4. The van der Waals surface area contributed by atoms with Crippen LogP contribution in [0.3, 0.4) is 0 Å². The van der Waals surface area contributed by atoms with E-state index in [1.54, 1.807) is 19.1 Å². The first-order chi connectivity index (χ1) is 16.7. The van der Waals surface area contributed by atoms with Gasteiger partial charge in [0.1, 0.15) is 28.2 Å². The number of hydrogen-bond acceptors (Lipinski definition) is 6. The molecule has 8 nitrogen and oxygen atoms in total. The molecule has 35 heavy (non-hydrogen) atoms. The van der Waals surface area contributed by atoms with Gasteiger partial charge in [0.05, 0.1) is 32.0 Å². The summed E-state index contributed by atoms with van der Waals surface area (Å²) in [7, 11) is 0.134. The number of methoxy groups -OCH3 is 3. The molecule has 0 unspecified atom stereocenters. The zero-order chi connectivity index (χ0) is 25.6. The van der Waals surface area contributed by atoms with Crippen LogP contribution in [0, 0.1) is 6.92 Å². The average molecular weight is 519 g/mol. The van der Waals surface area contributed by atoms with Crippen molar-refractivity contribution in [2.75, 3.05) is 26.6 Å². The van der Waals surface area contributed by atoms with Crippen LogP contribution >= 0.6 is 11.6 Å². The molecular weight excluding hydrogens is 492 g/mol. The second kappa shape index (κ2) is 11.4. The van der Waals surface area contributed by atoms with E-state index in [1.807, 2.05) is 30.3 Å². The van der Waals surface area contributed by atoms with Gasteiger partial charge < -0.3 is 19.5 Å². The van der Waals surface area contributed by atoms with Crippen molar-refractivity contribution in [1.82, 2.24) is 4.72 Å². The van der Waals surface area contributed by atoms with Crippen LogP contribution < -0.4 is 24.2 Å². The number of benzene rings is 3. The zero-order valence-electron chi connectivity index (χ0n) is 19.8. The molecule has 10 heteroatoms. The highest BCUT2D eigenvalue weighted by molar-refractivity contribution is 7.89. The maximum absolute atomic E-state index is 13.4. The highest BCUT2D eigenvalue weighted by Gasteiger charge is 2.29. The monoisotopic (exact) mass is 518 g/mol. The van der Waals surface area contributed by atoms with E-state index in [4.69, 9.17) is 25.8 Å². The third kappa shape index (κ3) is 6.45. The van der Waals surface area contributed by atoms with Crippen molar-refractivity contribution in [3.05, 3.63) is 76.8 Å². The molecule has 0 aliphatic heterocycles. The molecule has 0 spiro atoms. The molecule has 3 aromatic carbocycles. The van der Waals surface area contributed by atoms with Gasteiger partial charge in [0.2, 0.25) is 15.9 Å². The summed E-state index contributed by atoms with van der Waals surface area (Å²) in [6.07, 6.45) is 0.104. The first-order valence-corrected chi connectivity index (χ1v) is 12.5. The Labute approximate surface area is 210 Å². The molecule has 0 aliphatic carbocycles. The van der Waals surface area contributed by atoms with Crippen LogP contribution in [-0.2, 0) is 21.2 Å². The molecule has 2 N–H and O–H groups in total. The summed E-state index contributed by atoms with van der Waals surface area (Å²) in [4.78, 5) is 13.3. The van der Waals surface area contributed by atoms with E-state index >= 15 is 0 Å². The van der Waals surface area contributed by atoms with E-state index in [0.717, 1.165) is 11.1 Å². The molecule has 0 saturated heterocycles. The minimum absolute atomic E-state index is 0.0587. The van der Waals surface area contributed by atoms with Gasteiger partial charge in [-0.05, 0) is 36.6 Å². The fourth-order valence-corrected chi connectivity index (χ4v) is 5.14. The Morgan fingerprint density at radius 2 is 1.57 bits per heavy atom. The van der Waals surface area contributed by atoms with Crippen molar-refractivity contribution >= 4 is 33.2 Å². The predicted octanol–water partition coefficient (Wildman–Crippen LogP) is 4.20. The first-order valence-electron chi connectivity index (χ1n) is 10.6. The largest absolute Gasteiger partial charge is 0.495 e. The molecule has 0 fully saturated rings. The fraction of sp³-hybridized carbons (Fsp3) is 0.240. The number of aryl methyl sites for hydroxylation is 1. The Morgan fingerprint density at radius 3 is 2.20 bits per heavy atom. The molecule has 1 atom stereocenters. The van der Waals surface area contributed by atoms with Gasteiger partial charge in [-0.2, -0.15) is 4.72 Å². The van der Waals surface area contributed by atoms with Crippen LogP contribution in [0.1, 0.15) is 11.1 Å². The number of carbonyl (C=O) groups is 1. The fourth-order valence-electron chi connectivity index (χ4n) is 3.46. The normalized spacial score (nSPS) is 12.0. The van der Waals surface area contributed by atoms with Crippen molar-refractivity contribution in [1.29, 1.82) is 0 Å². The summed E-state index contributed by atoms with van der Waals surface area (Å²) >= 11 is 6.16. The molecule has 3 rings (SSSR count). The van der Waals surface area contributed by atoms with Crippen LogP contribution in [0.2, 0.25) is 5.02 Å². The Bertz CT molecular complexity index is 1300. The summed E-state index contributed by atoms with van der Waals surface area (Å²) < 4.78 is 45.1. The average Bonchev–Trinajstić information content (AvgIpc) is 2.84. The number of nitrogens with one attached hydrogen (secondary N) is 2. The van der Waals surface area contributed by atoms with Crippen molar-refractivity contribution in [3.8, 4) is 17.2 Å². The van der Waals surface area contributed by atoms with Crippen LogP contribution in [0.15, 0.2) is 65.6 Å². The highest BCUT2D eigenvalue weighted by atomic mass is 35.5. The summed E-state index contributed by atoms with van der Waals surface area (Å²) in [5, 5.41) is 3.04. The highest BCUT2D eigenvalue weighted by Crippen LogP contribution is 2.36. The lowest BCUT2D eigenvalue weighted by Gasteiger charge is -2.21. The van der Waals surface area contributed by atoms with E-state index < -0.39 is 22.0 Å². The predicted molar refractivity (Wildman–Crippen MR) is 135 cm³/mol. The lowest BCUT2D eigenvalue weighted by molar-refractivity contribution is -0.117. The van der Waals surface area contributed by atoms with Crippen LogP contribution in [0.25, 0.3) is 0 Å². The van der Waals surface area contributed by atoms with E-state index in [1.165, 1.54) is 39.5 Å². The number of rotatable bonds is 10. The summed E-state index contributed by atoms with van der Waals surface area (Å²) in [5.74, 6) is 0.205. The van der Waals surface area contributed by atoms with E-state index in [-0.39, 0.29) is 22.8 Å². The molecule has 0 radical (unpaired) electrons. The van der Waals surface area contributed by atoms with Crippen LogP contribution in [-0.4, -0.2) is 41.7 Å². The second-order valence-corrected chi connectivity index (χ2v) is 9.78. The standard InChI is InChI=1S/C25H27ClN2O6S/c1-16-10-11-21(32-2)24(12-16)35(30,31)28-20(13-17-8-6-5-7-9-17)25(29)27-19-15-22(33-3)18(26)14-23(19)34-4/h5-12,14-15,20,28H,13H2,1-4H3,(H,27,29)/t20-/m0/s1. The summed E-state index contributed by atoms with van der Waals surface area (Å²) in [5.41, 5.74) is 1.78. The molecular formula is C25H27ClN2O6S. The molecule has 0 saturated carbocycles. The number of halogens is 1. The van der Waals surface area contributed by atoms with Crippen molar-refractivity contribution in [2.45, 2.75) is 24.3 Å². The van der Waals surface area contributed by atoms with Gasteiger partial charge in [-0.1, -0.05) is 48.0 Å². The first kappa shape index (κ1) is 26.3. The third-order valence-electron chi connectivity index (χ3n) is 5.24. The van der Waals surface area contributed by atoms with Gasteiger partial charge >= 0.3 is 0 Å². The SMILES string of the molecule is COc1cc(NC(=O)[C@H](Cc2ccccc2)NS(=O)(=O)c2cc(C)ccc2OC)c(OC)cc1Cl. The number of ether oxygens (including phenoxy) is 3. The maximum atomic E-state index is 13.4. The lowest BCUT2D eigenvalue weighted by atomic mass is 10.1. The van der Waals surface area contributed by atoms with E-state index in [2.05, 4.69) is 10.0 Å². The van der Waals surface area contributed by atoms with Gasteiger partial charge in [0.25, 0.3) is 0 Å². The molecule has 3 aromatic rings. The molecule has 0 aromatic heterocycles. The van der Waals surface area contributed by atoms with Crippen molar-refractivity contribution in [2.24, 2.45) is 0 Å². The van der Waals surface area contributed by atoms with Gasteiger partial charge in [0, 0.05) is 12.1 Å². The summed E-state index contributed by atoms with van der Waals surface area (Å²) in [6, 6.07) is 15.8. The summed E-state index contributed by atoms with van der Waals surface area (Å²) in [6.45, 7) is 1.77. The Morgan fingerprint density at radius 1 is 0.914 bits per heavy atom. The van der Waals surface area contributed by atoms with E-state index in [9.17, 15) is 13.2 Å². The van der Waals surface area contributed by atoms with Gasteiger partial charge in [-0.25, -0.2) is 8.42 Å². The van der Waals surface area contributed by atoms with Gasteiger partial charge in [-0.15, -0.1) is 0 Å². The van der Waals surface area contributed by atoms with Gasteiger partial charge in [-0.3, -0.25) is 4.79 Å². The third-order valence-corrected chi connectivity index (χ3v) is 7.03. The van der Waals surface area contributed by atoms with Crippen LogP contribution in [0.4, 0.5) is 5.69 Å². The second-order valence-electron chi connectivity index (χ2n) is 7.69. The maximum Gasteiger partial charge on any atom is 0.245 e. The minimum atomic E-state index is -4.13. The Balaban J connectivity index is 1.98. The molecule has 0 aliphatic rings. The lowest BCUT2D eigenvalue weighted by Crippen LogP contribution is -2.45. The number of anilines is 1. The Kier molecular flexibility index (Phi) is 8.61. The number of hydrogen-bond donors (Lipinski definition) is 2. The quantitative estimate of drug-likeness (QED) is 0.417. The molecule has 1 amide bonds. The van der Waals surface area contributed by atoms with Gasteiger partial charge in [0.15, 0.2) is 0 Å².